The van der Waals surface area contributed by atoms with E-state index in [0.717, 1.165) is 48.8 Å². The van der Waals surface area contributed by atoms with E-state index in [1.807, 2.05) is 61.5 Å². The van der Waals surface area contributed by atoms with Crippen molar-refractivity contribution in [3.63, 3.8) is 0 Å². The van der Waals surface area contributed by atoms with Gasteiger partial charge < -0.3 is 10.6 Å². The van der Waals surface area contributed by atoms with Gasteiger partial charge in [0.2, 0.25) is 5.91 Å². The molecule has 1 unspecified atom stereocenters. The topological polar surface area (TPSA) is 76.3 Å². The first-order chi connectivity index (χ1) is 16.0. The second-order valence-corrected chi connectivity index (χ2v) is 8.87. The van der Waals surface area contributed by atoms with Crippen molar-refractivity contribution in [1.29, 1.82) is 0 Å². The van der Waals surface area contributed by atoms with Crippen LogP contribution in [0.2, 0.25) is 0 Å². The van der Waals surface area contributed by atoms with Gasteiger partial charge in [-0.25, -0.2) is 0 Å². The molecule has 1 fully saturated rings. The van der Waals surface area contributed by atoms with E-state index >= 15 is 0 Å². The van der Waals surface area contributed by atoms with Gasteiger partial charge in [0.25, 0.3) is 5.91 Å². The number of benzene rings is 2. The third kappa shape index (κ3) is 4.40. The molecule has 0 radical (unpaired) electrons. The molecule has 33 heavy (non-hydrogen) atoms. The van der Waals surface area contributed by atoms with Crippen LogP contribution < -0.4 is 5.73 Å². The summed E-state index contributed by atoms with van der Waals surface area (Å²) >= 11 is 0. The number of carbonyl (C=O) groups excluding carboxylic acids is 2. The summed E-state index contributed by atoms with van der Waals surface area (Å²) in [7, 11) is 0. The molecule has 1 aliphatic rings. The second kappa shape index (κ2) is 9.99. The lowest BCUT2D eigenvalue weighted by molar-refractivity contribution is -0.135. The Morgan fingerprint density at radius 3 is 2.24 bits per heavy atom. The van der Waals surface area contributed by atoms with E-state index in [9.17, 15) is 9.59 Å². The van der Waals surface area contributed by atoms with Gasteiger partial charge in [0.05, 0.1) is 0 Å². The predicted octanol–water partition coefficient (Wildman–Crippen LogP) is 4.99. The van der Waals surface area contributed by atoms with E-state index in [2.05, 4.69) is 4.98 Å². The summed E-state index contributed by atoms with van der Waals surface area (Å²) in [5.41, 5.74) is 8.07. The highest BCUT2D eigenvalue weighted by atomic mass is 16.2. The van der Waals surface area contributed by atoms with Gasteiger partial charge in [-0.3, -0.25) is 14.6 Å². The second-order valence-electron chi connectivity index (χ2n) is 8.87. The highest BCUT2D eigenvalue weighted by molar-refractivity contribution is 5.98. The molecule has 5 nitrogen and oxygen atoms in total. The molecular formula is C28H31N3O2. The number of aromatic nitrogens is 1. The number of primary amides is 1. The Kier molecular flexibility index (Phi) is 6.87. The molecule has 1 aromatic heterocycles. The maximum Gasteiger partial charge on any atom is 0.273 e. The first-order valence-electron chi connectivity index (χ1n) is 11.7. The van der Waals surface area contributed by atoms with E-state index in [1.165, 1.54) is 0 Å². The maximum absolute atomic E-state index is 14.1. The Labute approximate surface area is 195 Å². The smallest absolute Gasteiger partial charge is 0.273 e. The van der Waals surface area contributed by atoms with Crippen LogP contribution in [0.25, 0.3) is 0 Å². The SMILES string of the molecule is Cc1ccccc1C(C(N)=O)(C1CCCCC1)N(Cc1ccccc1)C(=O)c1ccccn1. The lowest BCUT2D eigenvalue weighted by atomic mass is 9.68. The quantitative estimate of drug-likeness (QED) is 0.561. The molecule has 0 saturated heterocycles. The largest absolute Gasteiger partial charge is 0.367 e. The molecular weight excluding hydrogens is 410 g/mol. The average molecular weight is 442 g/mol. The van der Waals surface area contributed by atoms with Crippen LogP contribution in [0.4, 0.5) is 0 Å². The van der Waals surface area contributed by atoms with Crippen LogP contribution in [-0.2, 0) is 16.9 Å². The summed E-state index contributed by atoms with van der Waals surface area (Å²) in [4.78, 5) is 33.8. The lowest BCUT2D eigenvalue weighted by Gasteiger charge is -2.48. The van der Waals surface area contributed by atoms with Gasteiger partial charge in [0.15, 0.2) is 5.54 Å². The molecule has 1 heterocycles. The number of amides is 2. The third-order valence-corrected chi connectivity index (χ3v) is 6.87. The van der Waals surface area contributed by atoms with Crippen molar-refractivity contribution in [3.8, 4) is 0 Å². The maximum atomic E-state index is 14.1. The molecule has 1 atom stereocenters. The van der Waals surface area contributed by atoms with Gasteiger partial charge >= 0.3 is 0 Å². The zero-order chi connectivity index (χ0) is 23.3. The van der Waals surface area contributed by atoms with Crippen LogP contribution in [0.3, 0.4) is 0 Å². The number of rotatable bonds is 7. The number of hydrogen-bond donors (Lipinski definition) is 1. The van der Waals surface area contributed by atoms with E-state index in [0.29, 0.717) is 5.69 Å². The molecule has 1 aliphatic carbocycles. The standard InChI is InChI=1S/C28H31N3O2/c1-21-12-8-9-17-24(21)28(27(29)33,23-15-6-3-7-16-23)31(20-22-13-4-2-5-14-22)26(32)25-18-10-11-19-30-25/h2,4-5,8-14,17-19,23H,3,6-7,15-16,20H2,1H3,(H2,29,33). The first-order valence-corrected chi connectivity index (χ1v) is 11.7. The first kappa shape index (κ1) is 22.7. The molecule has 3 aromatic rings. The van der Waals surface area contributed by atoms with Gasteiger partial charge in [-0.15, -0.1) is 0 Å². The summed E-state index contributed by atoms with van der Waals surface area (Å²) in [6, 6.07) is 22.9. The molecule has 0 bridgehead atoms. The Morgan fingerprint density at radius 1 is 0.939 bits per heavy atom. The molecule has 2 aromatic carbocycles. The van der Waals surface area contributed by atoms with E-state index in [-0.39, 0.29) is 18.4 Å². The summed E-state index contributed by atoms with van der Waals surface area (Å²) in [6.45, 7) is 2.26. The zero-order valence-corrected chi connectivity index (χ0v) is 19.1. The zero-order valence-electron chi connectivity index (χ0n) is 19.1. The Morgan fingerprint density at radius 2 is 1.61 bits per heavy atom. The van der Waals surface area contributed by atoms with Crippen molar-refractivity contribution in [2.45, 2.75) is 51.1 Å². The fraction of sp³-hybridized carbons (Fsp3) is 0.321. The molecule has 5 heteroatoms. The average Bonchev–Trinajstić information content (AvgIpc) is 2.86. The Balaban J connectivity index is 1.96. The minimum atomic E-state index is -1.27. The minimum Gasteiger partial charge on any atom is -0.367 e. The third-order valence-electron chi connectivity index (χ3n) is 6.87. The fourth-order valence-electron chi connectivity index (χ4n) is 5.32. The molecule has 170 valence electrons. The Hall–Kier alpha value is -3.47. The van der Waals surface area contributed by atoms with Gasteiger partial charge in [-0.2, -0.15) is 0 Å². The van der Waals surface area contributed by atoms with Crippen molar-refractivity contribution in [3.05, 3.63) is 101 Å². The summed E-state index contributed by atoms with van der Waals surface area (Å²) in [5.74, 6) is -0.836. The normalized spacial score (nSPS) is 16.0. The van der Waals surface area contributed by atoms with Crippen LogP contribution in [0.15, 0.2) is 79.0 Å². The van der Waals surface area contributed by atoms with Gasteiger partial charge in [-0.1, -0.05) is 79.9 Å². The number of hydrogen-bond acceptors (Lipinski definition) is 3. The number of nitrogens with two attached hydrogens (primary N) is 1. The van der Waals surface area contributed by atoms with Crippen LogP contribution in [0.1, 0.15) is 59.3 Å². The number of carbonyl (C=O) groups is 2. The van der Waals surface area contributed by atoms with Crippen LogP contribution >= 0.6 is 0 Å². The van der Waals surface area contributed by atoms with Crippen molar-refractivity contribution in [1.82, 2.24) is 9.88 Å². The molecule has 2 amide bonds. The van der Waals surface area contributed by atoms with E-state index in [4.69, 9.17) is 5.73 Å². The van der Waals surface area contributed by atoms with Gasteiger partial charge in [0, 0.05) is 12.7 Å². The molecule has 0 aliphatic heterocycles. The van der Waals surface area contributed by atoms with Crippen molar-refractivity contribution in [2.75, 3.05) is 0 Å². The predicted molar refractivity (Wildman–Crippen MR) is 129 cm³/mol. The molecule has 2 N–H and O–H groups in total. The van der Waals surface area contributed by atoms with Crippen molar-refractivity contribution >= 4 is 11.8 Å². The summed E-state index contributed by atoms with van der Waals surface area (Å²) in [6.07, 6.45) is 6.46. The van der Waals surface area contributed by atoms with Gasteiger partial charge in [0.1, 0.15) is 5.69 Å². The molecule has 4 rings (SSSR count). The van der Waals surface area contributed by atoms with Gasteiger partial charge in [-0.05, 0) is 54.5 Å². The lowest BCUT2D eigenvalue weighted by Crippen LogP contribution is -2.61. The van der Waals surface area contributed by atoms with Crippen LogP contribution in [0, 0.1) is 12.8 Å². The summed E-state index contributed by atoms with van der Waals surface area (Å²) < 4.78 is 0. The highest BCUT2D eigenvalue weighted by Crippen LogP contribution is 2.46. The van der Waals surface area contributed by atoms with Crippen molar-refractivity contribution < 1.29 is 9.59 Å². The Bertz CT molecular complexity index is 1090. The highest BCUT2D eigenvalue weighted by Gasteiger charge is 2.53. The van der Waals surface area contributed by atoms with E-state index < -0.39 is 11.4 Å². The number of aryl methyl sites for hydroxylation is 1. The minimum absolute atomic E-state index is 0.0683. The van der Waals surface area contributed by atoms with E-state index in [1.54, 1.807) is 29.3 Å². The number of nitrogens with zero attached hydrogens (tertiary/aromatic N) is 2. The number of pyridine rings is 1. The van der Waals surface area contributed by atoms with Crippen LogP contribution in [-0.4, -0.2) is 21.7 Å². The molecule has 0 spiro atoms. The van der Waals surface area contributed by atoms with Crippen LogP contribution in [0.5, 0.6) is 0 Å². The molecule has 1 saturated carbocycles. The monoisotopic (exact) mass is 441 g/mol. The van der Waals surface area contributed by atoms with Crippen molar-refractivity contribution in [2.24, 2.45) is 11.7 Å². The summed E-state index contributed by atoms with van der Waals surface area (Å²) in [5, 5.41) is 0. The fourth-order valence-corrected chi connectivity index (χ4v) is 5.32.